The number of halogens is 3. The molecule has 0 unspecified atom stereocenters. The highest BCUT2D eigenvalue weighted by atomic mass is 19.2. The van der Waals surface area contributed by atoms with Crippen LogP contribution in [0.2, 0.25) is 0 Å². The second-order valence-electron chi connectivity index (χ2n) is 4.87. The second-order valence-corrected chi connectivity index (χ2v) is 4.87. The molecule has 9 heteroatoms. The van der Waals surface area contributed by atoms with Crippen LogP contribution in [0.15, 0.2) is 15.3 Å². The molecule has 1 N–H and O–H groups in total. The molecule has 1 saturated heterocycles. The Hall–Kier alpha value is -2.55. The van der Waals surface area contributed by atoms with Crippen molar-refractivity contribution in [2.45, 2.75) is 0 Å². The Kier molecular flexibility index (Phi) is 3.72. The van der Waals surface area contributed by atoms with Gasteiger partial charge in [0.2, 0.25) is 5.76 Å². The maximum Gasteiger partial charge on any atom is 0.371 e. The van der Waals surface area contributed by atoms with Crippen LogP contribution in [0, 0.1) is 17.5 Å². The van der Waals surface area contributed by atoms with E-state index in [9.17, 15) is 22.8 Å². The van der Waals surface area contributed by atoms with Crippen molar-refractivity contribution >= 4 is 22.6 Å². The van der Waals surface area contributed by atoms with Crippen LogP contribution in [0.4, 0.5) is 18.9 Å². The lowest BCUT2D eigenvalue weighted by Gasteiger charge is -2.29. The summed E-state index contributed by atoms with van der Waals surface area (Å²) in [5, 5.41) is 7.90. The van der Waals surface area contributed by atoms with Crippen molar-refractivity contribution < 1.29 is 32.2 Å². The molecule has 2 heterocycles. The van der Waals surface area contributed by atoms with Crippen LogP contribution >= 0.6 is 0 Å². The minimum Gasteiger partial charge on any atom is -0.475 e. The topological polar surface area (TPSA) is 80.0 Å². The molecule has 2 aromatic rings. The Morgan fingerprint density at radius 3 is 2.39 bits per heavy atom. The molecule has 0 radical (unpaired) electrons. The highest BCUT2D eigenvalue weighted by Crippen LogP contribution is 2.33. The number of morpholine rings is 1. The van der Waals surface area contributed by atoms with Gasteiger partial charge >= 0.3 is 5.97 Å². The van der Waals surface area contributed by atoms with Gasteiger partial charge in [0.25, 0.3) is 0 Å². The number of benzene rings is 1. The Balaban J connectivity index is 2.34. The number of fused-ring (bicyclic) bond motifs is 1. The third-order valence-corrected chi connectivity index (χ3v) is 3.51. The Morgan fingerprint density at radius 2 is 1.78 bits per heavy atom. The molecule has 0 spiro atoms. The average Bonchev–Trinajstić information content (AvgIpc) is 2.53. The molecule has 6 nitrogen and oxygen atoms in total. The number of nitrogens with zero attached hydrogens (tertiary/aromatic N) is 1. The van der Waals surface area contributed by atoms with Crippen molar-refractivity contribution in [3.8, 4) is 0 Å². The maximum absolute atomic E-state index is 14.6. The zero-order valence-electron chi connectivity index (χ0n) is 11.6. The van der Waals surface area contributed by atoms with Gasteiger partial charge in [0.1, 0.15) is 11.1 Å². The number of hydrogen-bond donors (Lipinski definition) is 1. The molecule has 122 valence electrons. The van der Waals surface area contributed by atoms with Crippen molar-refractivity contribution in [3.63, 3.8) is 0 Å². The van der Waals surface area contributed by atoms with Crippen LogP contribution in [0.5, 0.6) is 0 Å². The molecule has 0 amide bonds. The molecular weight excluding hydrogens is 319 g/mol. The summed E-state index contributed by atoms with van der Waals surface area (Å²) >= 11 is 0. The summed E-state index contributed by atoms with van der Waals surface area (Å²) in [6.45, 7) is 0.610. The van der Waals surface area contributed by atoms with Crippen molar-refractivity contribution in [1.82, 2.24) is 0 Å². The molecule has 0 atom stereocenters. The van der Waals surface area contributed by atoms with Crippen LogP contribution in [-0.2, 0) is 4.74 Å². The fourth-order valence-electron chi connectivity index (χ4n) is 2.44. The van der Waals surface area contributed by atoms with E-state index in [0.717, 1.165) is 0 Å². The Labute approximate surface area is 126 Å². The van der Waals surface area contributed by atoms with Crippen molar-refractivity contribution in [2.75, 3.05) is 31.2 Å². The lowest BCUT2D eigenvalue weighted by atomic mass is 10.1. The number of carboxylic acid groups (broad SMARTS) is 1. The second kappa shape index (κ2) is 5.58. The van der Waals surface area contributed by atoms with Crippen LogP contribution < -0.4 is 10.3 Å². The molecule has 0 saturated carbocycles. The highest BCUT2D eigenvalue weighted by molar-refractivity contribution is 5.89. The van der Waals surface area contributed by atoms with E-state index in [0.29, 0.717) is 6.07 Å². The molecule has 1 aromatic carbocycles. The van der Waals surface area contributed by atoms with E-state index in [4.69, 9.17) is 14.3 Å². The largest absolute Gasteiger partial charge is 0.475 e. The summed E-state index contributed by atoms with van der Waals surface area (Å²) < 4.78 is 52.8. The molecule has 23 heavy (non-hydrogen) atoms. The van der Waals surface area contributed by atoms with Gasteiger partial charge in [-0.3, -0.25) is 4.79 Å². The standard InChI is InChI=1S/C14H10F3NO5/c15-9-8-6(19)5-7(14(20)21)23-13(8)11(17)12(10(9)16)18-1-3-22-4-2-18/h5H,1-4H2,(H,20,21). The van der Waals surface area contributed by atoms with Gasteiger partial charge in [-0.15, -0.1) is 0 Å². The number of ether oxygens (including phenoxy) is 1. The van der Waals surface area contributed by atoms with Gasteiger partial charge < -0.3 is 19.2 Å². The first-order valence-corrected chi connectivity index (χ1v) is 6.62. The fraction of sp³-hybridized carbons (Fsp3) is 0.286. The number of carboxylic acids is 1. The molecule has 3 rings (SSSR count). The Morgan fingerprint density at radius 1 is 1.13 bits per heavy atom. The minimum atomic E-state index is -1.62. The van der Waals surface area contributed by atoms with E-state index in [2.05, 4.69) is 0 Å². The molecule has 1 aliphatic rings. The molecule has 1 aromatic heterocycles. The lowest BCUT2D eigenvalue weighted by Crippen LogP contribution is -2.37. The van der Waals surface area contributed by atoms with Crippen LogP contribution in [0.3, 0.4) is 0 Å². The van der Waals surface area contributed by atoms with Gasteiger partial charge in [-0.2, -0.15) is 0 Å². The fourth-order valence-corrected chi connectivity index (χ4v) is 2.44. The van der Waals surface area contributed by atoms with Crippen LogP contribution in [-0.4, -0.2) is 37.4 Å². The van der Waals surface area contributed by atoms with E-state index in [1.54, 1.807) is 0 Å². The summed E-state index contributed by atoms with van der Waals surface area (Å²) in [5.41, 5.74) is -2.80. The summed E-state index contributed by atoms with van der Waals surface area (Å²) in [6.07, 6.45) is 0. The summed E-state index contributed by atoms with van der Waals surface area (Å²) in [7, 11) is 0. The summed E-state index contributed by atoms with van der Waals surface area (Å²) in [4.78, 5) is 23.9. The van der Waals surface area contributed by atoms with E-state index in [1.807, 2.05) is 0 Å². The number of anilines is 1. The molecular formula is C14H10F3NO5. The van der Waals surface area contributed by atoms with Gasteiger partial charge in [0.15, 0.2) is 28.5 Å². The van der Waals surface area contributed by atoms with Crippen molar-refractivity contribution in [2.24, 2.45) is 0 Å². The first-order valence-electron chi connectivity index (χ1n) is 6.62. The third-order valence-electron chi connectivity index (χ3n) is 3.51. The predicted molar refractivity (Wildman–Crippen MR) is 72.3 cm³/mol. The molecule has 1 aliphatic heterocycles. The molecule has 0 bridgehead atoms. The number of aromatic carboxylic acids is 1. The quantitative estimate of drug-likeness (QED) is 0.846. The number of hydrogen-bond acceptors (Lipinski definition) is 5. The minimum absolute atomic E-state index is 0.113. The van der Waals surface area contributed by atoms with E-state index < -0.39 is 51.3 Å². The number of carbonyl (C=O) groups is 1. The predicted octanol–water partition coefficient (Wildman–Crippen LogP) is 1.75. The van der Waals surface area contributed by atoms with Crippen molar-refractivity contribution in [1.29, 1.82) is 0 Å². The van der Waals surface area contributed by atoms with Crippen LogP contribution in [0.1, 0.15) is 10.6 Å². The van der Waals surface area contributed by atoms with Gasteiger partial charge in [-0.1, -0.05) is 0 Å². The van der Waals surface area contributed by atoms with Crippen molar-refractivity contribution in [3.05, 3.63) is 39.5 Å². The van der Waals surface area contributed by atoms with E-state index in [1.165, 1.54) is 4.90 Å². The highest BCUT2D eigenvalue weighted by Gasteiger charge is 2.29. The molecule has 1 fully saturated rings. The first-order chi connectivity index (χ1) is 10.9. The monoisotopic (exact) mass is 329 g/mol. The zero-order valence-corrected chi connectivity index (χ0v) is 11.6. The Bertz CT molecular complexity index is 858. The van der Waals surface area contributed by atoms with Gasteiger partial charge in [0, 0.05) is 19.2 Å². The van der Waals surface area contributed by atoms with Gasteiger partial charge in [-0.25, -0.2) is 18.0 Å². The smallest absolute Gasteiger partial charge is 0.371 e. The van der Waals surface area contributed by atoms with Gasteiger partial charge in [-0.05, 0) is 0 Å². The van der Waals surface area contributed by atoms with Crippen LogP contribution in [0.25, 0.3) is 11.0 Å². The lowest BCUT2D eigenvalue weighted by molar-refractivity contribution is 0.0662. The first kappa shape index (κ1) is 15.3. The summed E-state index contributed by atoms with van der Waals surface area (Å²) in [6, 6.07) is 0.473. The molecule has 0 aliphatic carbocycles. The van der Waals surface area contributed by atoms with E-state index in [-0.39, 0.29) is 26.3 Å². The number of rotatable bonds is 2. The average molecular weight is 329 g/mol. The SMILES string of the molecule is O=C(O)c1cc(=O)c2c(F)c(F)c(N3CCOCC3)c(F)c2o1. The maximum atomic E-state index is 14.6. The van der Waals surface area contributed by atoms with Gasteiger partial charge in [0.05, 0.1) is 13.2 Å². The third kappa shape index (κ3) is 2.42. The van der Waals surface area contributed by atoms with E-state index >= 15 is 0 Å². The summed E-state index contributed by atoms with van der Waals surface area (Å²) in [5.74, 6) is -6.90. The normalized spacial score (nSPS) is 15.2. The zero-order chi connectivity index (χ0) is 16.7.